The number of hydrogen-bond donors (Lipinski definition) is 1. The number of benzene rings is 1. The van der Waals surface area contributed by atoms with Gasteiger partial charge in [0.1, 0.15) is 6.61 Å². The average molecular weight is 296 g/mol. The SMILES string of the molecule is Cc1ccc(Cl)cc1NC(=O)CCOCC(F)(F)F. The first-order valence-corrected chi connectivity index (χ1v) is 5.86. The second-order valence-corrected chi connectivity index (χ2v) is 4.36. The Bertz CT molecular complexity index is 449. The molecule has 0 saturated carbocycles. The lowest BCUT2D eigenvalue weighted by atomic mass is 10.2. The fraction of sp³-hybridized carbons (Fsp3) is 0.417. The van der Waals surface area contributed by atoms with Crippen LogP contribution in [0.4, 0.5) is 18.9 Å². The molecule has 0 atom stereocenters. The summed E-state index contributed by atoms with van der Waals surface area (Å²) in [5.41, 5.74) is 1.35. The molecule has 0 aliphatic rings. The van der Waals surface area contributed by atoms with Gasteiger partial charge in [-0.15, -0.1) is 0 Å². The van der Waals surface area contributed by atoms with E-state index in [1.165, 1.54) is 0 Å². The van der Waals surface area contributed by atoms with Crippen molar-refractivity contribution < 1.29 is 22.7 Å². The predicted octanol–water partition coefficient (Wildman–Crippen LogP) is 3.56. The Morgan fingerprint density at radius 1 is 1.42 bits per heavy atom. The molecule has 0 aromatic heterocycles. The maximum absolute atomic E-state index is 11.8. The van der Waals surface area contributed by atoms with Gasteiger partial charge in [0.25, 0.3) is 0 Å². The molecule has 1 N–H and O–H groups in total. The Labute approximate surface area is 113 Å². The van der Waals surface area contributed by atoms with Crippen molar-refractivity contribution in [3.63, 3.8) is 0 Å². The van der Waals surface area contributed by atoms with E-state index in [0.29, 0.717) is 10.7 Å². The molecule has 106 valence electrons. The van der Waals surface area contributed by atoms with Gasteiger partial charge < -0.3 is 10.1 Å². The van der Waals surface area contributed by atoms with Gasteiger partial charge in [0.05, 0.1) is 13.0 Å². The number of halogens is 4. The van der Waals surface area contributed by atoms with E-state index >= 15 is 0 Å². The molecule has 0 spiro atoms. The number of anilines is 1. The summed E-state index contributed by atoms with van der Waals surface area (Å²) < 4.78 is 39.7. The molecule has 0 aliphatic carbocycles. The molecule has 0 aliphatic heterocycles. The quantitative estimate of drug-likeness (QED) is 0.844. The normalized spacial score (nSPS) is 11.4. The Balaban J connectivity index is 2.37. The third-order valence-corrected chi connectivity index (χ3v) is 2.45. The van der Waals surface area contributed by atoms with Crippen LogP contribution in [0.1, 0.15) is 12.0 Å². The van der Waals surface area contributed by atoms with Crippen LogP contribution in [-0.2, 0) is 9.53 Å². The van der Waals surface area contributed by atoms with Crippen molar-refractivity contribution in [2.24, 2.45) is 0 Å². The van der Waals surface area contributed by atoms with Gasteiger partial charge in [0.15, 0.2) is 0 Å². The molecule has 0 radical (unpaired) electrons. The minimum Gasteiger partial charge on any atom is -0.372 e. The Morgan fingerprint density at radius 2 is 2.11 bits per heavy atom. The summed E-state index contributed by atoms with van der Waals surface area (Å²) in [6, 6.07) is 4.99. The summed E-state index contributed by atoms with van der Waals surface area (Å²) in [6.45, 7) is 0.146. The van der Waals surface area contributed by atoms with Crippen molar-refractivity contribution in [3.8, 4) is 0 Å². The number of ether oxygens (including phenoxy) is 1. The molecule has 0 unspecified atom stereocenters. The second kappa shape index (κ2) is 6.77. The Kier molecular flexibility index (Phi) is 5.62. The van der Waals surface area contributed by atoms with Crippen LogP contribution in [0.5, 0.6) is 0 Å². The van der Waals surface area contributed by atoms with Gasteiger partial charge >= 0.3 is 6.18 Å². The van der Waals surface area contributed by atoms with E-state index in [4.69, 9.17) is 11.6 Å². The minimum atomic E-state index is -4.37. The summed E-state index contributed by atoms with van der Waals surface area (Å²) in [6.07, 6.45) is -4.53. The van der Waals surface area contributed by atoms with E-state index in [1.54, 1.807) is 25.1 Å². The van der Waals surface area contributed by atoms with Crippen LogP contribution in [0, 0.1) is 6.92 Å². The van der Waals surface area contributed by atoms with E-state index in [2.05, 4.69) is 10.1 Å². The average Bonchev–Trinajstić information content (AvgIpc) is 2.28. The molecule has 3 nitrogen and oxygen atoms in total. The van der Waals surface area contributed by atoms with Crippen LogP contribution >= 0.6 is 11.6 Å². The van der Waals surface area contributed by atoms with Gasteiger partial charge in [0.2, 0.25) is 5.91 Å². The van der Waals surface area contributed by atoms with E-state index < -0.39 is 18.7 Å². The fourth-order valence-electron chi connectivity index (χ4n) is 1.29. The zero-order valence-corrected chi connectivity index (χ0v) is 10.9. The van der Waals surface area contributed by atoms with Gasteiger partial charge in [-0.2, -0.15) is 13.2 Å². The van der Waals surface area contributed by atoms with Crippen molar-refractivity contribution in [1.29, 1.82) is 0 Å². The number of hydrogen-bond acceptors (Lipinski definition) is 2. The summed E-state index contributed by atoms with van der Waals surface area (Å²) in [4.78, 5) is 11.5. The van der Waals surface area contributed by atoms with Gasteiger partial charge in [-0.1, -0.05) is 17.7 Å². The number of carbonyl (C=O) groups excluding carboxylic acids is 1. The van der Waals surface area contributed by atoms with Crippen molar-refractivity contribution in [2.75, 3.05) is 18.5 Å². The molecular weight excluding hydrogens is 283 g/mol. The highest BCUT2D eigenvalue weighted by Crippen LogP contribution is 2.20. The predicted molar refractivity (Wildman–Crippen MR) is 66.3 cm³/mol. The molecule has 7 heteroatoms. The second-order valence-electron chi connectivity index (χ2n) is 3.93. The van der Waals surface area contributed by atoms with E-state index in [9.17, 15) is 18.0 Å². The highest BCUT2D eigenvalue weighted by Gasteiger charge is 2.27. The summed E-state index contributed by atoms with van der Waals surface area (Å²) in [5, 5.41) is 3.03. The number of nitrogens with one attached hydrogen (secondary N) is 1. The lowest BCUT2D eigenvalue weighted by Crippen LogP contribution is -2.20. The van der Waals surface area contributed by atoms with Crippen LogP contribution in [0.3, 0.4) is 0 Å². The first-order chi connectivity index (χ1) is 8.78. The third kappa shape index (κ3) is 6.45. The van der Waals surface area contributed by atoms with E-state index in [1.807, 2.05) is 0 Å². The molecule has 0 fully saturated rings. The lowest BCUT2D eigenvalue weighted by Gasteiger charge is -2.10. The summed E-state index contributed by atoms with van der Waals surface area (Å²) >= 11 is 5.78. The van der Waals surface area contributed by atoms with Crippen LogP contribution in [-0.4, -0.2) is 25.3 Å². The molecule has 0 saturated heterocycles. The highest BCUT2D eigenvalue weighted by molar-refractivity contribution is 6.31. The van der Waals surface area contributed by atoms with E-state index in [-0.39, 0.29) is 13.0 Å². The summed E-state index contributed by atoms with van der Waals surface area (Å²) in [7, 11) is 0. The largest absolute Gasteiger partial charge is 0.411 e. The van der Waals surface area contributed by atoms with Crippen molar-refractivity contribution in [2.45, 2.75) is 19.5 Å². The monoisotopic (exact) mass is 295 g/mol. The topological polar surface area (TPSA) is 38.3 Å². The van der Waals surface area contributed by atoms with Gasteiger partial charge in [0, 0.05) is 10.7 Å². The number of amides is 1. The number of alkyl halides is 3. The van der Waals surface area contributed by atoms with Gasteiger partial charge in [-0.25, -0.2) is 0 Å². The molecule has 19 heavy (non-hydrogen) atoms. The molecule has 0 heterocycles. The molecule has 1 rings (SSSR count). The first-order valence-electron chi connectivity index (χ1n) is 5.48. The van der Waals surface area contributed by atoms with Crippen LogP contribution in [0.25, 0.3) is 0 Å². The molecule has 0 bridgehead atoms. The van der Waals surface area contributed by atoms with Crippen molar-refractivity contribution >= 4 is 23.2 Å². The van der Waals surface area contributed by atoms with Crippen molar-refractivity contribution in [3.05, 3.63) is 28.8 Å². The smallest absolute Gasteiger partial charge is 0.372 e. The molecule has 1 aromatic rings. The zero-order chi connectivity index (χ0) is 14.5. The first kappa shape index (κ1) is 15.8. The van der Waals surface area contributed by atoms with Crippen molar-refractivity contribution in [1.82, 2.24) is 0 Å². The zero-order valence-electron chi connectivity index (χ0n) is 10.2. The lowest BCUT2D eigenvalue weighted by molar-refractivity contribution is -0.174. The minimum absolute atomic E-state index is 0.151. The standard InChI is InChI=1S/C12H13ClF3NO2/c1-8-2-3-9(13)6-10(8)17-11(18)4-5-19-7-12(14,15)16/h2-3,6H,4-5,7H2,1H3,(H,17,18). The van der Waals surface area contributed by atoms with Crippen LogP contribution in [0.2, 0.25) is 5.02 Å². The maximum Gasteiger partial charge on any atom is 0.411 e. The molecular formula is C12H13ClF3NO2. The Morgan fingerprint density at radius 3 is 2.74 bits per heavy atom. The highest BCUT2D eigenvalue weighted by atomic mass is 35.5. The van der Waals surface area contributed by atoms with E-state index in [0.717, 1.165) is 5.56 Å². The summed E-state index contributed by atoms with van der Waals surface area (Å²) in [5.74, 6) is -0.424. The number of rotatable bonds is 5. The van der Waals surface area contributed by atoms with Crippen LogP contribution in [0.15, 0.2) is 18.2 Å². The Hall–Kier alpha value is -1.27. The van der Waals surface area contributed by atoms with Crippen LogP contribution < -0.4 is 5.32 Å². The van der Waals surface area contributed by atoms with Gasteiger partial charge in [-0.05, 0) is 24.6 Å². The maximum atomic E-state index is 11.8. The van der Waals surface area contributed by atoms with Gasteiger partial charge in [-0.3, -0.25) is 4.79 Å². The third-order valence-electron chi connectivity index (χ3n) is 2.21. The number of carbonyl (C=O) groups is 1. The molecule has 1 aromatic carbocycles. The molecule has 1 amide bonds. The number of aryl methyl sites for hydroxylation is 1. The fourth-order valence-corrected chi connectivity index (χ4v) is 1.47.